The third-order valence-electron chi connectivity index (χ3n) is 2.10. The fourth-order valence-electron chi connectivity index (χ4n) is 1.20. The van der Waals surface area contributed by atoms with Crippen molar-refractivity contribution in [1.82, 2.24) is 20.1 Å². The van der Waals surface area contributed by atoms with Crippen LogP contribution in [0.3, 0.4) is 0 Å². The summed E-state index contributed by atoms with van der Waals surface area (Å²) < 4.78 is 5.08. The van der Waals surface area contributed by atoms with E-state index >= 15 is 0 Å². The Kier molecular flexibility index (Phi) is 2.77. The molecule has 2 rings (SSSR count). The number of aromatic amines is 1. The van der Waals surface area contributed by atoms with Crippen LogP contribution < -0.4 is 5.73 Å². The number of aromatic nitrogens is 4. The van der Waals surface area contributed by atoms with E-state index in [0.29, 0.717) is 36.4 Å². The molecule has 80 valence electrons. The minimum Gasteiger partial charge on any atom is -0.342 e. The van der Waals surface area contributed by atoms with Gasteiger partial charge < -0.3 is 15.2 Å². The first-order chi connectivity index (χ1) is 7.29. The topological polar surface area (TPSA) is 93.6 Å². The van der Waals surface area contributed by atoms with Crippen molar-refractivity contribution in [2.24, 2.45) is 11.7 Å². The van der Waals surface area contributed by atoms with Gasteiger partial charge in [-0.2, -0.15) is 4.98 Å². The molecule has 2 aromatic heterocycles. The van der Waals surface area contributed by atoms with E-state index in [-0.39, 0.29) is 0 Å². The number of hydrogen-bond donors (Lipinski definition) is 2. The second kappa shape index (κ2) is 4.22. The number of nitrogens with two attached hydrogens (primary N) is 1. The Hall–Kier alpha value is -1.69. The summed E-state index contributed by atoms with van der Waals surface area (Å²) in [5, 5.41) is 3.83. The van der Waals surface area contributed by atoms with Crippen molar-refractivity contribution >= 4 is 0 Å². The van der Waals surface area contributed by atoms with E-state index in [1.165, 1.54) is 0 Å². The monoisotopic (exact) mass is 207 g/mol. The lowest BCUT2D eigenvalue weighted by molar-refractivity contribution is 0.359. The number of nitrogens with one attached hydrogen (secondary N) is 1. The Morgan fingerprint density at radius 2 is 2.47 bits per heavy atom. The summed E-state index contributed by atoms with van der Waals surface area (Å²) in [7, 11) is 0. The molecule has 6 nitrogen and oxygen atoms in total. The summed E-state index contributed by atoms with van der Waals surface area (Å²) in [6, 6.07) is 0. The maximum absolute atomic E-state index is 5.51. The number of rotatable bonds is 4. The summed E-state index contributed by atoms with van der Waals surface area (Å²) in [6.07, 6.45) is 4.06. The van der Waals surface area contributed by atoms with E-state index in [4.69, 9.17) is 10.3 Å². The Bertz CT molecular complexity index is 408. The quantitative estimate of drug-likeness (QED) is 0.765. The average molecular weight is 207 g/mol. The molecule has 0 aromatic carbocycles. The highest BCUT2D eigenvalue weighted by molar-refractivity contribution is 5.40. The van der Waals surface area contributed by atoms with Crippen LogP contribution in [0.25, 0.3) is 11.6 Å². The molecule has 0 aliphatic carbocycles. The van der Waals surface area contributed by atoms with Crippen LogP contribution in [-0.4, -0.2) is 26.7 Å². The van der Waals surface area contributed by atoms with Crippen molar-refractivity contribution < 1.29 is 4.52 Å². The van der Waals surface area contributed by atoms with Crippen LogP contribution in [0.15, 0.2) is 16.9 Å². The fraction of sp³-hybridized carbons (Fsp3) is 0.444. The Balaban J connectivity index is 2.11. The first-order valence-electron chi connectivity index (χ1n) is 4.82. The van der Waals surface area contributed by atoms with Crippen LogP contribution in [0.1, 0.15) is 12.8 Å². The fourth-order valence-corrected chi connectivity index (χ4v) is 1.20. The summed E-state index contributed by atoms with van der Waals surface area (Å²) in [5.74, 6) is 2.04. The average Bonchev–Trinajstić information content (AvgIpc) is 2.85. The molecule has 0 aliphatic rings. The highest BCUT2D eigenvalue weighted by atomic mass is 16.5. The molecule has 0 radical (unpaired) electrons. The summed E-state index contributed by atoms with van der Waals surface area (Å²) in [4.78, 5) is 11.2. The maximum Gasteiger partial charge on any atom is 0.238 e. The lowest BCUT2D eigenvalue weighted by atomic mass is 10.1. The van der Waals surface area contributed by atoms with Crippen molar-refractivity contribution in [1.29, 1.82) is 0 Å². The number of imidazole rings is 1. The van der Waals surface area contributed by atoms with E-state index in [0.717, 1.165) is 0 Å². The first-order valence-corrected chi connectivity index (χ1v) is 4.82. The Morgan fingerprint density at radius 1 is 1.60 bits per heavy atom. The molecule has 0 saturated carbocycles. The van der Waals surface area contributed by atoms with E-state index in [1.807, 2.05) is 6.92 Å². The number of H-pyrrole nitrogens is 1. The zero-order chi connectivity index (χ0) is 10.7. The van der Waals surface area contributed by atoms with Gasteiger partial charge in [-0.05, 0) is 12.5 Å². The lowest BCUT2D eigenvalue weighted by Crippen LogP contribution is -2.13. The largest absolute Gasteiger partial charge is 0.342 e. The molecule has 0 aliphatic heterocycles. The van der Waals surface area contributed by atoms with Gasteiger partial charge in [0.05, 0.1) is 0 Å². The van der Waals surface area contributed by atoms with Crippen LogP contribution in [0.2, 0.25) is 0 Å². The predicted octanol–water partition coefficient (Wildman–Crippen LogP) is 0.597. The molecule has 2 aromatic rings. The molecule has 3 N–H and O–H groups in total. The third-order valence-corrected chi connectivity index (χ3v) is 2.10. The molecule has 0 amide bonds. The van der Waals surface area contributed by atoms with E-state index in [9.17, 15) is 0 Å². The number of nitrogens with zero attached hydrogens (tertiary/aromatic N) is 3. The van der Waals surface area contributed by atoms with Gasteiger partial charge in [0.15, 0.2) is 5.82 Å². The van der Waals surface area contributed by atoms with Gasteiger partial charge in [0.25, 0.3) is 0 Å². The van der Waals surface area contributed by atoms with Gasteiger partial charge in [-0.25, -0.2) is 4.98 Å². The maximum atomic E-state index is 5.51. The second-order valence-electron chi connectivity index (χ2n) is 3.49. The lowest BCUT2D eigenvalue weighted by Gasteiger charge is -2.01. The third kappa shape index (κ3) is 2.21. The summed E-state index contributed by atoms with van der Waals surface area (Å²) in [6.45, 7) is 2.65. The molecule has 0 spiro atoms. The molecule has 0 fully saturated rings. The van der Waals surface area contributed by atoms with E-state index in [2.05, 4.69) is 20.1 Å². The Morgan fingerprint density at radius 3 is 3.13 bits per heavy atom. The number of hydrogen-bond acceptors (Lipinski definition) is 5. The van der Waals surface area contributed by atoms with Gasteiger partial charge in [-0.3, -0.25) is 0 Å². The summed E-state index contributed by atoms with van der Waals surface area (Å²) >= 11 is 0. The molecular formula is C9H13N5O. The van der Waals surface area contributed by atoms with Crippen LogP contribution in [-0.2, 0) is 6.42 Å². The summed E-state index contributed by atoms with van der Waals surface area (Å²) in [5.41, 5.74) is 5.51. The predicted molar refractivity (Wildman–Crippen MR) is 53.8 cm³/mol. The molecule has 0 bridgehead atoms. The van der Waals surface area contributed by atoms with E-state index in [1.54, 1.807) is 12.4 Å². The zero-order valence-corrected chi connectivity index (χ0v) is 8.47. The second-order valence-corrected chi connectivity index (χ2v) is 3.49. The van der Waals surface area contributed by atoms with Crippen molar-refractivity contribution in [3.63, 3.8) is 0 Å². The standard InChI is InChI=1S/C9H13N5O/c1-6(5-10)4-7-13-9(14-15-7)8-11-2-3-12-8/h2-3,6H,4-5,10H2,1H3,(H,11,12). The zero-order valence-electron chi connectivity index (χ0n) is 8.47. The minimum absolute atomic E-state index is 0.343. The normalized spacial score (nSPS) is 12.9. The van der Waals surface area contributed by atoms with Gasteiger partial charge >= 0.3 is 0 Å². The van der Waals surface area contributed by atoms with Crippen LogP contribution in [0, 0.1) is 5.92 Å². The minimum atomic E-state index is 0.343. The van der Waals surface area contributed by atoms with Crippen LogP contribution >= 0.6 is 0 Å². The molecule has 0 saturated heterocycles. The van der Waals surface area contributed by atoms with Crippen molar-refractivity contribution in [3.05, 3.63) is 18.3 Å². The van der Waals surface area contributed by atoms with Crippen molar-refractivity contribution in [3.8, 4) is 11.6 Å². The van der Waals surface area contributed by atoms with Crippen molar-refractivity contribution in [2.75, 3.05) is 6.54 Å². The molecule has 1 unspecified atom stereocenters. The van der Waals surface area contributed by atoms with Crippen molar-refractivity contribution in [2.45, 2.75) is 13.3 Å². The first kappa shape index (κ1) is 9.85. The molecule has 6 heteroatoms. The van der Waals surface area contributed by atoms with Crippen LogP contribution in [0.5, 0.6) is 0 Å². The molecular weight excluding hydrogens is 194 g/mol. The van der Waals surface area contributed by atoms with E-state index < -0.39 is 0 Å². The van der Waals surface area contributed by atoms with Crippen LogP contribution in [0.4, 0.5) is 0 Å². The van der Waals surface area contributed by atoms with Gasteiger partial charge in [-0.1, -0.05) is 12.1 Å². The van der Waals surface area contributed by atoms with Gasteiger partial charge in [-0.15, -0.1) is 0 Å². The smallest absolute Gasteiger partial charge is 0.238 e. The highest BCUT2D eigenvalue weighted by Crippen LogP contribution is 2.11. The van der Waals surface area contributed by atoms with Gasteiger partial charge in [0.2, 0.25) is 11.7 Å². The SMILES string of the molecule is CC(CN)Cc1nc(-c2ncc[nH]2)no1. The van der Waals surface area contributed by atoms with Gasteiger partial charge in [0.1, 0.15) is 0 Å². The molecule has 15 heavy (non-hydrogen) atoms. The molecule has 1 atom stereocenters. The highest BCUT2D eigenvalue weighted by Gasteiger charge is 2.12. The molecule has 2 heterocycles. The van der Waals surface area contributed by atoms with Gasteiger partial charge in [0, 0.05) is 18.8 Å². The Labute approximate surface area is 86.9 Å².